The van der Waals surface area contributed by atoms with Gasteiger partial charge in [-0.3, -0.25) is 15.6 Å². The molecule has 434 valence electrons. The zero-order valence-electron chi connectivity index (χ0n) is 47.1. The lowest BCUT2D eigenvalue weighted by Gasteiger charge is -2.72. The lowest BCUT2D eigenvalue weighted by Crippen LogP contribution is -2.81. The van der Waals surface area contributed by atoms with E-state index in [9.17, 15) is 45.3 Å². The van der Waals surface area contributed by atoms with E-state index >= 15 is 0 Å². The summed E-state index contributed by atoms with van der Waals surface area (Å²) in [6, 6.07) is 2.61. The molecule has 9 aliphatic carbocycles. The predicted molar refractivity (Wildman–Crippen MR) is 295 cm³/mol. The minimum Gasteiger partial charge on any atom is -0.507 e. The van der Waals surface area contributed by atoms with Gasteiger partial charge in [-0.1, -0.05) is 38.2 Å². The van der Waals surface area contributed by atoms with Gasteiger partial charge in [0.25, 0.3) is 0 Å². The van der Waals surface area contributed by atoms with Crippen molar-refractivity contribution in [1.29, 1.82) is 0 Å². The van der Waals surface area contributed by atoms with Gasteiger partial charge in [0.1, 0.15) is 41.2 Å². The van der Waals surface area contributed by atoms with Gasteiger partial charge in [-0.25, -0.2) is 4.79 Å². The van der Waals surface area contributed by atoms with Gasteiger partial charge in [0.15, 0.2) is 5.78 Å². The number of nitrogens with one attached hydrogen (secondary N) is 2. The summed E-state index contributed by atoms with van der Waals surface area (Å²) in [5, 5.41) is 82.8. The van der Waals surface area contributed by atoms with Crippen molar-refractivity contribution >= 4 is 22.5 Å². The van der Waals surface area contributed by atoms with Crippen LogP contribution in [0.2, 0.25) is 0 Å². The smallest absolute Gasteiger partial charge is 0.335 e. The monoisotopic (exact) mass is 1100 g/mol. The van der Waals surface area contributed by atoms with E-state index in [2.05, 4.69) is 16.9 Å². The van der Waals surface area contributed by atoms with Crippen LogP contribution in [0.25, 0.3) is 10.8 Å². The van der Waals surface area contributed by atoms with Crippen LogP contribution in [0, 0.1) is 57.2 Å². The second kappa shape index (κ2) is 18.0. The van der Waals surface area contributed by atoms with E-state index < -0.39 is 76.6 Å². The minimum atomic E-state index is -1.83. The molecule has 3 saturated heterocycles. The zero-order chi connectivity index (χ0) is 55.2. The van der Waals surface area contributed by atoms with Gasteiger partial charge in [-0.15, -0.1) is 0 Å². The second-order valence-electron chi connectivity index (χ2n) is 29.5. The van der Waals surface area contributed by atoms with Crippen LogP contribution in [0.1, 0.15) is 200 Å². The molecule has 8 spiro atoms. The molecule has 2 aromatic rings. The summed E-state index contributed by atoms with van der Waals surface area (Å²) in [7, 11) is 0. The number of hydrogen-bond acceptors (Lipinski definition) is 14. The number of phenols is 2. The van der Waals surface area contributed by atoms with Crippen LogP contribution in [-0.2, 0) is 14.2 Å². The van der Waals surface area contributed by atoms with E-state index in [1.807, 2.05) is 0 Å². The van der Waals surface area contributed by atoms with Gasteiger partial charge in [-0.05, 0) is 216 Å². The Kier molecular flexibility index (Phi) is 11.9. The van der Waals surface area contributed by atoms with Crippen LogP contribution in [-0.4, -0.2) is 121 Å². The first-order valence-corrected chi connectivity index (χ1v) is 31.3. The number of hydrazine groups is 1. The van der Waals surface area contributed by atoms with Crippen molar-refractivity contribution in [3.05, 3.63) is 51.6 Å². The minimum absolute atomic E-state index is 0.0124. The van der Waals surface area contributed by atoms with Gasteiger partial charge >= 0.3 is 5.97 Å². The van der Waals surface area contributed by atoms with Crippen molar-refractivity contribution < 1.29 is 64.3 Å². The number of Topliss-reactive ketones (excluding diaryl/α,β-unsaturated/α-hetero) is 1. The number of allylic oxidation sites excluding steroid dienone is 1. The summed E-state index contributed by atoms with van der Waals surface area (Å²) in [6.07, 6.45) is 24.0. The largest absolute Gasteiger partial charge is 0.507 e. The number of carbonyl (C=O) groups is 2. The number of aliphatic hydroxyl groups excluding tert-OH is 4. The van der Waals surface area contributed by atoms with E-state index in [0.29, 0.717) is 43.3 Å². The third kappa shape index (κ3) is 6.93. The Balaban J connectivity index is 0.882. The van der Waals surface area contributed by atoms with Crippen LogP contribution in [0.5, 0.6) is 17.2 Å². The van der Waals surface area contributed by atoms with E-state index in [1.165, 1.54) is 114 Å². The van der Waals surface area contributed by atoms with Crippen LogP contribution in [0.3, 0.4) is 0 Å². The Bertz CT molecular complexity index is 3010. The van der Waals surface area contributed by atoms with Crippen molar-refractivity contribution in [2.24, 2.45) is 50.2 Å². The summed E-state index contributed by atoms with van der Waals surface area (Å²) < 4.78 is 28.6. The number of aliphatic hydroxyl groups is 4. The third-order valence-corrected chi connectivity index (χ3v) is 26.1. The first kappa shape index (κ1) is 53.1. The molecule has 13 aliphatic rings. The highest BCUT2D eigenvalue weighted by atomic mass is 16.7. The number of hydrogen-bond donors (Lipinski definition) is 9. The average Bonchev–Trinajstić information content (AvgIpc) is 4.44. The lowest BCUT2D eigenvalue weighted by atomic mass is 9.38. The number of aromatic hydroxyl groups is 2. The molecule has 80 heavy (non-hydrogen) atoms. The molecule has 15 heteroatoms. The van der Waals surface area contributed by atoms with Gasteiger partial charge in [0, 0.05) is 47.1 Å². The predicted octanol–water partition coefficient (Wildman–Crippen LogP) is 9.28. The molecule has 9 N–H and O–H groups in total. The number of fused-ring (bicyclic) bond motifs is 4. The van der Waals surface area contributed by atoms with Crippen molar-refractivity contribution in [3.8, 4) is 17.2 Å². The standard InChI is InChI=1S/C65H86N2O13/c1-36-47(37(2)70)51(72)48-40(50(36)71)24-38(55(75)76)25-44(48)78-56-52(73)54(74)65(46(29-69)79-56)27-43-49-41(10-11-42(49)63(80-65)20-7-16-57(32-63)12-3-4-13-57)62(19-9-23-68)35-77-30-39-26-59-33-61(28-45(59)66-67-64(43,34-59)53(39)62)18-8-17-60(61)22-21-58(31-60)14-5-6-15-58/h10,24-25,39,43,45-46,52-54,56,66-69,71-74H,3-9,11-23,26-35H2,1-2H3,(H,75,76). The number of carboxylic acids is 1. The third-order valence-electron chi connectivity index (χ3n) is 26.1. The molecule has 15 unspecified atom stereocenters. The fraction of sp³-hybridized carbons (Fsp3) is 0.754. The van der Waals surface area contributed by atoms with Crippen LogP contribution >= 0.6 is 0 Å². The number of ketones is 1. The fourth-order valence-corrected chi connectivity index (χ4v) is 23.5. The van der Waals surface area contributed by atoms with Gasteiger partial charge in [0.05, 0.1) is 35.3 Å². The highest BCUT2D eigenvalue weighted by Gasteiger charge is 2.78. The molecule has 0 amide bonds. The van der Waals surface area contributed by atoms with Gasteiger partial charge in [0.2, 0.25) is 6.29 Å². The average molecular weight is 1100 g/mol. The summed E-state index contributed by atoms with van der Waals surface area (Å²) in [5.41, 5.74) is 9.52. The van der Waals surface area contributed by atoms with Crippen LogP contribution in [0.15, 0.2) is 34.9 Å². The molecule has 8 saturated carbocycles. The molecule has 0 aromatic heterocycles. The molecule has 15 rings (SSSR count). The van der Waals surface area contributed by atoms with E-state index in [4.69, 9.17) is 18.9 Å². The summed E-state index contributed by atoms with van der Waals surface area (Å²) in [5.74, 6) is -3.11. The van der Waals surface area contributed by atoms with E-state index in [0.717, 1.165) is 70.3 Å². The number of carboxylic acid groups (broad SMARTS) is 1. The Morgan fingerprint density at radius 3 is 2.30 bits per heavy atom. The normalized spacial score (nSPS) is 44.4. The summed E-state index contributed by atoms with van der Waals surface area (Å²) in [6.45, 7) is 3.39. The van der Waals surface area contributed by atoms with Crippen molar-refractivity contribution in [1.82, 2.24) is 10.9 Å². The Morgan fingerprint density at radius 1 is 0.825 bits per heavy atom. The Hall–Kier alpha value is -3.64. The molecular formula is C65H86N2O13. The molecule has 15 atom stereocenters. The molecule has 11 fully saturated rings. The van der Waals surface area contributed by atoms with Gasteiger partial charge in [-0.2, -0.15) is 0 Å². The number of ether oxygens (including phenoxy) is 4. The van der Waals surface area contributed by atoms with Gasteiger partial charge < -0.3 is 54.7 Å². The molecule has 2 bridgehead atoms. The molecule has 15 nitrogen and oxygen atoms in total. The molecular weight excluding hydrogens is 1020 g/mol. The lowest BCUT2D eigenvalue weighted by molar-refractivity contribution is -0.349. The summed E-state index contributed by atoms with van der Waals surface area (Å²) >= 11 is 0. The molecule has 0 radical (unpaired) electrons. The molecule has 4 aliphatic heterocycles. The number of carbonyl (C=O) groups excluding carboxylic acids is 1. The van der Waals surface area contributed by atoms with Crippen molar-refractivity contribution in [3.63, 3.8) is 0 Å². The number of benzene rings is 2. The number of aromatic carboxylic acids is 1. The second-order valence-corrected chi connectivity index (χ2v) is 29.5. The highest BCUT2D eigenvalue weighted by molar-refractivity contribution is 6.11. The van der Waals surface area contributed by atoms with E-state index in [-0.39, 0.29) is 86.3 Å². The SMILES string of the molecule is CC(=O)c1c(C)c(O)c2cc(C(=O)O)cc(OC3OC(CO)C4(CC5C6=C(CC=C6C6(CCCO)COCC7CC89CC5(NNC8CC5(CCCC58CCC5(CCCC5)C8)C9)C76)C5(CCCC6(CCCC6)C5)O4)C(O)C3O)c2c1O. The number of phenolic OH excluding ortho intramolecular Hbond substituents is 2. The molecule has 4 heterocycles. The maximum absolute atomic E-state index is 13.6. The quantitative estimate of drug-likeness (QED) is 0.0885. The first-order valence-electron chi connectivity index (χ1n) is 31.3. The van der Waals surface area contributed by atoms with Crippen LogP contribution in [0.4, 0.5) is 0 Å². The summed E-state index contributed by atoms with van der Waals surface area (Å²) in [4.78, 5) is 25.7. The van der Waals surface area contributed by atoms with E-state index in [1.54, 1.807) is 0 Å². The zero-order valence-corrected chi connectivity index (χ0v) is 47.1. The number of rotatable bonds is 8. The van der Waals surface area contributed by atoms with Crippen molar-refractivity contribution in [2.45, 2.75) is 228 Å². The fourth-order valence-electron chi connectivity index (χ4n) is 23.5. The maximum atomic E-state index is 13.6. The topological polar surface area (TPSA) is 237 Å². The van der Waals surface area contributed by atoms with Crippen molar-refractivity contribution in [2.75, 3.05) is 26.4 Å². The Labute approximate surface area is 469 Å². The Morgan fingerprint density at radius 2 is 1.56 bits per heavy atom. The highest BCUT2D eigenvalue weighted by Crippen LogP contribution is 2.80. The van der Waals surface area contributed by atoms with Crippen LogP contribution < -0.4 is 15.6 Å². The molecule has 2 aromatic carbocycles. The maximum Gasteiger partial charge on any atom is 0.335 e. The first-order chi connectivity index (χ1) is 38.4.